The predicted octanol–water partition coefficient (Wildman–Crippen LogP) is 3.03. The number of hydrogen-bond acceptors (Lipinski definition) is 3. The number of benzene rings is 1. The predicted molar refractivity (Wildman–Crippen MR) is 70.8 cm³/mol. The zero-order valence-electron chi connectivity index (χ0n) is 11.7. The third-order valence-electron chi connectivity index (χ3n) is 4.27. The highest BCUT2D eigenvalue weighted by molar-refractivity contribution is 5.39. The van der Waals surface area contributed by atoms with E-state index < -0.39 is 12.0 Å². The summed E-state index contributed by atoms with van der Waals surface area (Å²) in [6.45, 7) is 2.36. The number of hydrogen-bond donors (Lipinski definition) is 1. The summed E-state index contributed by atoms with van der Waals surface area (Å²) >= 11 is 0. The van der Waals surface area contributed by atoms with E-state index in [0.717, 1.165) is 12.8 Å². The Morgan fingerprint density at radius 1 is 1.29 bits per heavy atom. The van der Waals surface area contributed by atoms with Crippen molar-refractivity contribution in [3.63, 3.8) is 0 Å². The molecule has 2 atom stereocenters. The van der Waals surface area contributed by atoms with Gasteiger partial charge in [0.15, 0.2) is 0 Å². The molecule has 0 aromatic heterocycles. The summed E-state index contributed by atoms with van der Waals surface area (Å²) in [5.74, 6) is -0.308. The smallest absolute Gasteiger partial charge is 0.405 e. The third-order valence-corrected chi connectivity index (χ3v) is 4.27. The first-order chi connectivity index (χ1) is 9.78. The molecule has 1 aromatic rings. The Labute approximate surface area is 121 Å². The standard InChI is InChI=1S/C15H18F3NO2/c1-10-8-14(20,9-19(10)11-6-7-11)12-4-2-3-5-13(12)21-15(16,17)18/h2-5,10-11,20H,6-9H2,1H3. The fourth-order valence-electron chi connectivity index (χ4n) is 3.28. The van der Waals surface area contributed by atoms with Crippen molar-refractivity contribution in [2.24, 2.45) is 0 Å². The van der Waals surface area contributed by atoms with E-state index in [9.17, 15) is 18.3 Å². The fraction of sp³-hybridized carbons (Fsp3) is 0.600. The Morgan fingerprint density at radius 3 is 2.57 bits per heavy atom. The van der Waals surface area contributed by atoms with Crippen LogP contribution >= 0.6 is 0 Å². The summed E-state index contributed by atoms with van der Waals surface area (Å²) in [6, 6.07) is 6.49. The van der Waals surface area contributed by atoms with E-state index in [-0.39, 0.29) is 17.4 Å². The van der Waals surface area contributed by atoms with Crippen LogP contribution in [0.25, 0.3) is 0 Å². The molecule has 116 valence electrons. The van der Waals surface area contributed by atoms with Crippen LogP contribution in [0.4, 0.5) is 13.2 Å². The molecule has 0 amide bonds. The molecule has 1 heterocycles. The number of alkyl halides is 3. The molecule has 0 spiro atoms. The van der Waals surface area contributed by atoms with E-state index in [1.54, 1.807) is 6.07 Å². The van der Waals surface area contributed by atoms with Crippen LogP contribution in [-0.2, 0) is 5.60 Å². The van der Waals surface area contributed by atoms with Gasteiger partial charge in [-0.25, -0.2) is 0 Å². The summed E-state index contributed by atoms with van der Waals surface area (Å²) in [5.41, 5.74) is -1.07. The normalized spacial score (nSPS) is 30.6. The Hall–Kier alpha value is -1.27. The van der Waals surface area contributed by atoms with Gasteiger partial charge in [0, 0.05) is 24.2 Å². The van der Waals surface area contributed by atoms with E-state index in [2.05, 4.69) is 9.64 Å². The minimum absolute atomic E-state index is 0.154. The molecule has 0 bridgehead atoms. The second-order valence-electron chi connectivity index (χ2n) is 6.03. The second-order valence-corrected chi connectivity index (χ2v) is 6.03. The lowest BCUT2D eigenvalue weighted by Gasteiger charge is -2.26. The maximum atomic E-state index is 12.5. The van der Waals surface area contributed by atoms with E-state index in [0.29, 0.717) is 19.0 Å². The molecule has 0 radical (unpaired) electrons. The van der Waals surface area contributed by atoms with E-state index in [4.69, 9.17) is 0 Å². The van der Waals surface area contributed by atoms with E-state index in [1.807, 2.05) is 6.92 Å². The first kappa shape index (κ1) is 14.7. The van der Waals surface area contributed by atoms with Gasteiger partial charge >= 0.3 is 6.36 Å². The highest BCUT2D eigenvalue weighted by Crippen LogP contribution is 2.44. The number of aliphatic hydroxyl groups is 1. The molecule has 2 aliphatic rings. The second kappa shape index (κ2) is 4.88. The average Bonchev–Trinajstić information content (AvgIpc) is 3.14. The van der Waals surface area contributed by atoms with Crippen molar-refractivity contribution in [3.8, 4) is 5.75 Å². The molecular weight excluding hydrogens is 283 g/mol. The van der Waals surface area contributed by atoms with Gasteiger partial charge in [0.1, 0.15) is 11.4 Å². The van der Waals surface area contributed by atoms with E-state index in [1.165, 1.54) is 18.2 Å². The molecule has 2 fully saturated rings. The number of ether oxygens (including phenoxy) is 1. The monoisotopic (exact) mass is 301 g/mol. The molecule has 21 heavy (non-hydrogen) atoms. The molecular formula is C15H18F3NO2. The number of rotatable bonds is 3. The molecule has 3 rings (SSSR count). The zero-order valence-corrected chi connectivity index (χ0v) is 11.7. The van der Waals surface area contributed by atoms with Crippen molar-refractivity contribution in [3.05, 3.63) is 29.8 Å². The Morgan fingerprint density at radius 2 is 1.95 bits per heavy atom. The van der Waals surface area contributed by atoms with Gasteiger partial charge in [0.05, 0.1) is 0 Å². The SMILES string of the molecule is CC1CC(O)(c2ccccc2OC(F)(F)F)CN1C1CC1. The van der Waals surface area contributed by atoms with Crippen molar-refractivity contribution >= 4 is 0 Å². The average molecular weight is 301 g/mol. The molecule has 1 aromatic carbocycles. The molecule has 6 heteroatoms. The molecule has 1 saturated heterocycles. The van der Waals surface area contributed by atoms with Crippen molar-refractivity contribution in [1.82, 2.24) is 4.90 Å². The summed E-state index contributed by atoms with van der Waals surface area (Å²) < 4.78 is 41.6. The minimum atomic E-state index is -4.76. The fourth-order valence-corrected chi connectivity index (χ4v) is 3.28. The molecule has 2 unspecified atom stereocenters. The summed E-state index contributed by atoms with van der Waals surface area (Å²) in [6.07, 6.45) is -2.14. The Balaban J connectivity index is 1.89. The van der Waals surface area contributed by atoms with Gasteiger partial charge in [-0.15, -0.1) is 13.2 Å². The van der Waals surface area contributed by atoms with Crippen LogP contribution in [0.5, 0.6) is 5.75 Å². The van der Waals surface area contributed by atoms with Crippen LogP contribution < -0.4 is 4.74 Å². The highest BCUT2D eigenvalue weighted by atomic mass is 19.4. The summed E-state index contributed by atoms with van der Waals surface area (Å²) in [4.78, 5) is 2.18. The zero-order chi connectivity index (χ0) is 15.3. The lowest BCUT2D eigenvalue weighted by molar-refractivity contribution is -0.275. The van der Waals surface area contributed by atoms with Crippen molar-refractivity contribution in [2.45, 2.75) is 50.2 Å². The van der Waals surface area contributed by atoms with Crippen LogP contribution in [0.2, 0.25) is 0 Å². The lowest BCUT2D eigenvalue weighted by Crippen LogP contribution is -2.34. The van der Waals surface area contributed by atoms with Crippen LogP contribution in [0.1, 0.15) is 31.7 Å². The first-order valence-electron chi connectivity index (χ1n) is 7.12. The van der Waals surface area contributed by atoms with Crippen LogP contribution in [-0.4, -0.2) is 35.0 Å². The lowest BCUT2D eigenvalue weighted by atomic mass is 9.90. The van der Waals surface area contributed by atoms with Gasteiger partial charge in [-0.05, 0) is 32.3 Å². The maximum Gasteiger partial charge on any atom is 0.573 e. The highest BCUT2D eigenvalue weighted by Gasteiger charge is 2.48. The summed E-state index contributed by atoms with van der Waals surface area (Å²) in [7, 11) is 0. The molecule has 1 aliphatic carbocycles. The van der Waals surface area contributed by atoms with Gasteiger partial charge in [0.25, 0.3) is 0 Å². The van der Waals surface area contributed by atoms with Crippen LogP contribution in [0, 0.1) is 0 Å². The van der Waals surface area contributed by atoms with Crippen molar-refractivity contribution in [1.29, 1.82) is 0 Å². The third kappa shape index (κ3) is 3.01. The summed E-state index contributed by atoms with van der Waals surface area (Å²) in [5, 5.41) is 10.9. The molecule has 1 N–H and O–H groups in total. The first-order valence-corrected chi connectivity index (χ1v) is 7.12. The van der Waals surface area contributed by atoms with Gasteiger partial charge in [-0.1, -0.05) is 18.2 Å². The Bertz CT molecular complexity index is 530. The number of halogens is 3. The maximum absolute atomic E-state index is 12.5. The molecule has 3 nitrogen and oxygen atoms in total. The number of β-amino-alcohol motifs (C(OH)–C–C–N with tert-alkyl or cyclic N) is 1. The van der Waals surface area contributed by atoms with Gasteiger partial charge in [-0.2, -0.15) is 0 Å². The van der Waals surface area contributed by atoms with Gasteiger partial charge < -0.3 is 9.84 Å². The molecule has 1 aliphatic heterocycles. The van der Waals surface area contributed by atoms with Gasteiger partial charge in [0.2, 0.25) is 0 Å². The number of para-hydroxylation sites is 1. The largest absolute Gasteiger partial charge is 0.573 e. The quantitative estimate of drug-likeness (QED) is 0.931. The minimum Gasteiger partial charge on any atom is -0.405 e. The topological polar surface area (TPSA) is 32.7 Å². The van der Waals surface area contributed by atoms with E-state index >= 15 is 0 Å². The Kier molecular flexibility index (Phi) is 3.41. The van der Waals surface area contributed by atoms with Crippen LogP contribution in [0.3, 0.4) is 0 Å². The number of nitrogens with zero attached hydrogens (tertiary/aromatic N) is 1. The van der Waals surface area contributed by atoms with Gasteiger partial charge in [-0.3, -0.25) is 4.90 Å². The van der Waals surface area contributed by atoms with Crippen molar-refractivity contribution < 1.29 is 23.0 Å². The van der Waals surface area contributed by atoms with Crippen molar-refractivity contribution in [2.75, 3.05) is 6.54 Å². The van der Waals surface area contributed by atoms with Crippen LogP contribution in [0.15, 0.2) is 24.3 Å². The molecule has 1 saturated carbocycles. The number of likely N-dealkylation sites (tertiary alicyclic amines) is 1.